The summed E-state index contributed by atoms with van der Waals surface area (Å²) in [5, 5.41) is 8.90. The van der Waals surface area contributed by atoms with Gasteiger partial charge in [0.15, 0.2) is 5.96 Å². The summed E-state index contributed by atoms with van der Waals surface area (Å²) >= 11 is 1.80. The molecule has 1 heterocycles. The van der Waals surface area contributed by atoms with Crippen molar-refractivity contribution in [3.63, 3.8) is 0 Å². The van der Waals surface area contributed by atoms with Crippen molar-refractivity contribution in [1.82, 2.24) is 10.6 Å². The fourth-order valence-electron chi connectivity index (χ4n) is 2.32. The van der Waals surface area contributed by atoms with Gasteiger partial charge in [0.25, 0.3) is 0 Å². The van der Waals surface area contributed by atoms with E-state index in [9.17, 15) is 0 Å². The van der Waals surface area contributed by atoms with E-state index in [1.165, 1.54) is 16.0 Å². The quantitative estimate of drug-likeness (QED) is 0.399. The van der Waals surface area contributed by atoms with Crippen molar-refractivity contribution in [3.05, 3.63) is 57.8 Å². The first-order chi connectivity index (χ1) is 10.7. The van der Waals surface area contributed by atoms with Gasteiger partial charge in [-0.3, -0.25) is 4.99 Å². The molecule has 2 rings (SSSR count). The lowest BCUT2D eigenvalue weighted by molar-refractivity contribution is 0.698. The third kappa shape index (κ3) is 6.91. The number of guanidine groups is 1. The van der Waals surface area contributed by atoms with Gasteiger partial charge in [0.2, 0.25) is 0 Å². The lowest BCUT2D eigenvalue weighted by Gasteiger charge is -2.16. The summed E-state index contributed by atoms with van der Waals surface area (Å²) in [5.41, 5.74) is 2.67. The molecule has 0 aliphatic rings. The van der Waals surface area contributed by atoms with Crippen LogP contribution >= 0.6 is 35.3 Å². The van der Waals surface area contributed by atoms with Crippen LogP contribution in [0.15, 0.2) is 46.8 Å². The number of aryl methyl sites for hydroxylation is 1. The van der Waals surface area contributed by atoms with Gasteiger partial charge in [-0.2, -0.15) is 0 Å². The molecule has 0 radical (unpaired) electrons. The predicted octanol–water partition coefficient (Wildman–Crippen LogP) is 4.19. The standard InChI is InChI=1S/C18H25N3S.HI/c1-14-6-4-7-16(12-14)15(2)13-21-18(19-3)20-10-9-17-8-5-11-22-17;/h4-8,11-12,15H,9-10,13H2,1-3H3,(H2,19,20,21);1H. The highest BCUT2D eigenvalue weighted by Gasteiger charge is 2.06. The lowest BCUT2D eigenvalue weighted by atomic mass is 9.99. The fraction of sp³-hybridized carbons (Fsp3) is 0.389. The normalized spacial score (nSPS) is 12.4. The van der Waals surface area contributed by atoms with Gasteiger partial charge in [-0.05, 0) is 36.3 Å². The number of halogens is 1. The third-order valence-corrected chi connectivity index (χ3v) is 4.59. The minimum Gasteiger partial charge on any atom is -0.356 e. The number of hydrogen-bond donors (Lipinski definition) is 2. The molecule has 0 amide bonds. The van der Waals surface area contributed by atoms with Crippen molar-refractivity contribution in [2.75, 3.05) is 20.1 Å². The molecule has 2 aromatic rings. The molecule has 1 aromatic heterocycles. The lowest BCUT2D eigenvalue weighted by Crippen LogP contribution is -2.39. The zero-order valence-corrected chi connectivity index (χ0v) is 17.2. The minimum atomic E-state index is 0. The third-order valence-electron chi connectivity index (χ3n) is 3.65. The minimum absolute atomic E-state index is 0. The van der Waals surface area contributed by atoms with Crippen molar-refractivity contribution in [2.45, 2.75) is 26.2 Å². The first-order valence-corrected chi connectivity index (χ1v) is 8.60. The Kier molecular flexibility index (Phi) is 9.24. The molecular weight excluding hydrogens is 417 g/mol. The molecule has 0 spiro atoms. The van der Waals surface area contributed by atoms with Crippen LogP contribution in [0.4, 0.5) is 0 Å². The number of thiophene rings is 1. The summed E-state index contributed by atoms with van der Waals surface area (Å²) < 4.78 is 0. The van der Waals surface area contributed by atoms with E-state index >= 15 is 0 Å². The van der Waals surface area contributed by atoms with Gasteiger partial charge in [-0.15, -0.1) is 35.3 Å². The highest BCUT2D eigenvalue weighted by molar-refractivity contribution is 14.0. The van der Waals surface area contributed by atoms with Crippen LogP contribution < -0.4 is 10.6 Å². The van der Waals surface area contributed by atoms with Crippen LogP contribution in [0.25, 0.3) is 0 Å². The van der Waals surface area contributed by atoms with E-state index in [4.69, 9.17) is 0 Å². The van der Waals surface area contributed by atoms with Gasteiger partial charge >= 0.3 is 0 Å². The van der Waals surface area contributed by atoms with E-state index < -0.39 is 0 Å². The number of rotatable bonds is 6. The largest absolute Gasteiger partial charge is 0.356 e. The molecule has 0 saturated carbocycles. The molecule has 5 heteroatoms. The zero-order valence-electron chi connectivity index (χ0n) is 14.0. The Bertz CT molecular complexity index is 596. The van der Waals surface area contributed by atoms with E-state index in [1.807, 2.05) is 7.05 Å². The summed E-state index contributed by atoms with van der Waals surface area (Å²) in [6, 6.07) is 13.0. The Balaban J connectivity index is 0.00000264. The molecule has 3 nitrogen and oxygen atoms in total. The summed E-state index contributed by atoms with van der Waals surface area (Å²) in [5.74, 6) is 1.33. The van der Waals surface area contributed by atoms with Gasteiger partial charge in [-0.1, -0.05) is 42.8 Å². The van der Waals surface area contributed by atoms with Crippen molar-refractivity contribution >= 4 is 41.3 Å². The Labute approximate surface area is 160 Å². The van der Waals surface area contributed by atoms with E-state index in [2.05, 4.69) is 71.3 Å². The second-order valence-electron chi connectivity index (χ2n) is 5.52. The van der Waals surface area contributed by atoms with Gasteiger partial charge in [0.05, 0.1) is 0 Å². The van der Waals surface area contributed by atoms with E-state index in [1.54, 1.807) is 11.3 Å². The van der Waals surface area contributed by atoms with Crippen molar-refractivity contribution in [2.24, 2.45) is 4.99 Å². The van der Waals surface area contributed by atoms with E-state index in [0.717, 1.165) is 25.5 Å². The van der Waals surface area contributed by atoms with Crippen LogP contribution in [-0.4, -0.2) is 26.1 Å². The molecule has 0 bridgehead atoms. The molecule has 0 aliphatic heterocycles. The van der Waals surface area contributed by atoms with Crippen LogP contribution in [0, 0.1) is 6.92 Å². The number of hydrogen-bond acceptors (Lipinski definition) is 2. The van der Waals surface area contributed by atoms with Crippen LogP contribution in [0.5, 0.6) is 0 Å². The molecule has 2 N–H and O–H groups in total. The number of nitrogens with zero attached hydrogens (tertiary/aromatic N) is 1. The van der Waals surface area contributed by atoms with E-state index in [-0.39, 0.29) is 24.0 Å². The number of aliphatic imine (C=N–C) groups is 1. The molecule has 0 saturated heterocycles. The van der Waals surface area contributed by atoms with Crippen LogP contribution in [0.2, 0.25) is 0 Å². The van der Waals surface area contributed by atoms with Crippen LogP contribution in [0.1, 0.15) is 28.8 Å². The SMILES string of the molecule is CN=C(NCCc1cccs1)NCC(C)c1cccc(C)c1.I. The highest BCUT2D eigenvalue weighted by Crippen LogP contribution is 2.15. The fourth-order valence-corrected chi connectivity index (χ4v) is 3.03. The smallest absolute Gasteiger partial charge is 0.191 e. The van der Waals surface area contributed by atoms with Crippen LogP contribution in [0.3, 0.4) is 0 Å². The Morgan fingerprint density at radius 3 is 2.70 bits per heavy atom. The molecule has 23 heavy (non-hydrogen) atoms. The van der Waals surface area contributed by atoms with Gasteiger partial charge in [0, 0.05) is 25.0 Å². The highest BCUT2D eigenvalue weighted by atomic mass is 127. The van der Waals surface area contributed by atoms with Crippen molar-refractivity contribution < 1.29 is 0 Å². The average molecular weight is 443 g/mol. The Morgan fingerprint density at radius 2 is 2.04 bits per heavy atom. The monoisotopic (exact) mass is 443 g/mol. The topological polar surface area (TPSA) is 36.4 Å². The molecule has 1 atom stereocenters. The summed E-state index contributed by atoms with van der Waals surface area (Å²) in [6.45, 7) is 6.15. The summed E-state index contributed by atoms with van der Waals surface area (Å²) in [4.78, 5) is 5.69. The second kappa shape index (κ2) is 10.6. The van der Waals surface area contributed by atoms with Crippen LogP contribution in [-0.2, 0) is 6.42 Å². The molecular formula is C18H26IN3S. The molecule has 0 aliphatic carbocycles. The first kappa shape index (κ1) is 20.0. The molecule has 1 aromatic carbocycles. The maximum absolute atomic E-state index is 4.29. The molecule has 0 fully saturated rings. The second-order valence-corrected chi connectivity index (χ2v) is 6.56. The predicted molar refractivity (Wildman–Crippen MR) is 112 cm³/mol. The van der Waals surface area contributed by atoms with Crippen molar-refractivity contribution in [3.8, 4) is 0 Å². The number of benzene rings is 1. The Hall–Kier alpha value is -1.08. The van der Waals surface area contributed by atoms with Gasteiger partial charge in [0.1, 0.15) is 0 Å². The van der Waals surface area contributed by atoms with Gasteiger partial charge in [-0.25, -0.2) is 0 Å². The Morgan fingerprint density at radius 1 is 1.22 bits per heavy atom. The maximum Gasteiger partial charge on any atom is 0.191 e. The summed E-state index contributed by atoms with van der Waals surface area (Å²) in [7, 11) is 1.82. The maximum atomic E-state index is 4.29. The van der Waals surface area contributed by atoms with Gasteiger partial charge < -0.3 is 10.6 Å². The molecule has 1 unspecified atom stereocenters. The average Bonchev–Trinajstić information content (AvgIpc) is 3.03. The van der Waals surface area contributed by atoms with Crippen molar-refractivity contribution in [1.29, 1.82) is 0 Å². The first-order valence-electron chi connectivity index (χ1n) is 7.72. The van der Waals surface area contributed by atoms with E-state index in [0.29, 0.717) is 5.92 Å². The summed E-state index contributed by atoms with van der Waals surface area (Å²) in [6.07, 6.45) is 1.03. The molecule has 126 valence electrons. The number of nitrogens with one attached hydrogen (secondary N) is 2. The zero-order chi connectivity index (χ0) is 15.8.